The average molecular weight is 313 g/mol. The Kier molecular flexibility index (Phi) is 4.14. The van der Waals surface area contributed by atoms with Crippen molar-refractivity contribution in [3.63, 3.8) is 0 Å². The molecule has 0 radical (unpaired) electrons. The lowest BCUT2D eigenvalue weighted by Crippen LogP contribution is -2.23. The van der Waals surface area contributed by atoms with E-state index in [2.05, 4.69) is 24.0 Å². The zero-order chi connectivity index (χ0) is 16.4. The van der Waals surface area contributed by atoms with Crippen LogP contribution in [0.25, 0.3) is 11.5 Å². The SMILES string of the molecule is CC(C)Cn1cccc(-c2nc(C(C)c3ccco3)no2)c1=O. The lowest BCUT2D eigenvalue weighted by atomic mass is 10.1. The van der Waals surface area contributed by atoms with Crippen LogP contribution < -0.4 is 5.56 Å². The van der Waals surface area contributed by atoms with E-state index >= 15 is 0 Å². The van der Waals surface area contributed by atoms with Crippen LogP contribution in [0.1, 0.15) is 38.3 Å². The summed E-state index contributed by atoms with van der Waals surface area (Å²) in [6.07, 6.45) is 3.38. The molecule has 0 saturated heterocycles. The van der Waals surface area contributed by atoms with Crippen LogP contribution in [0.2, 0.25) is 0 Å². The van der Waals surface area contributed by atoms with Gasteiger partial charge in [0, 0.05) is 12.7 Å². The van der Waals surface area contributed by atoms with Crippen LogP contribution >= 0.6 is 0 Å². The minimum absolute atomic E-state index is 0.123. The summed E-state index contributed by atoms with van der Waals surface area (Å²) in [7, 11) is 0. The van der Waals surface area contributed by atoms with Crippen molar-refractivity contribution in [1.82, 2.24) is 14.7 Å². The molecule has 1 atom stereocenters. The monoisotopic (exact) mass is 313 g/mol. The van der Waals surface area contributed by atoms with Crippen LogP contribution in [0, 0.1) is 5.92 Å². The van der Waals surface area contributed by atoms with Crippen molar-refractivity contribution >= 4 is 0 Å². The van der Waals surface area contributed by atoms with E-state index in [0.717, 1.165) is 5.76 Å². The Bertz CT molecular complexity index is 831. The van der Waals surface area contributed by atoms with Gasteiger partial charge in [0.15, 0.2) is 5.82 Å². The fourth-order valence-electron chi connectivity index (χ4n) is 2.42. The van der Waals surface area contributed by atoms with Crippen LogP contribution in [0.3, 0.4) is 0 Å². The quantitative estimate of drug-likeness (QED) is 0.722. The molecule has 0 aromatic carbocycles. The van der Waals surface area contributed by atoms with Gasteiger partial charge in [0.25, 0.3) is 11.4 Å². The van der Waals surface area contributed by atoms with Crippen molar-refractivity contribution in [2.24, 2.45) is 5.92 Å². The summed E-state index contributed by atoms with van der Waals surface area (Å²) in [4.78, 5) is 16.9. The summed E-state index contributed by atoms with van der Waals surface area (Å²) in [5.74, 6) is 1.72. The Hall–Kier alpha value is -2.63. The smallest absolute Gasteiger partial charge is 0.263 e. The first kappa shape index (κ1) is 15.3. The number of nitrogens with zero attached hydrogens (tertiary/aromatic N) is 3. The molecule has 0 spiro atoms. The molecule has 0 aliphatic rings. The summed E-state index contributed by atoms with van der Waals surface area (Å²) < 4.78 is 12.3. The van der Waals surface area contributed by atoms with Crippen molar-refractivity contribution < 1.29 is 8.94 Å². The molecule has 0 N–H and O–H groups in total. The Balaban J connectivity index is 1.93. The molecule has 3 heterocycles. The highest BCUT2D eigenvalue weighted by Crippen LogP contribution is 2.24. The Labute approximate surface area is 133 Å². The third-order valence-electron chi connectivity index (χ3n) is 3.61. The van der Waals surface area contributed by atoms with Gasteiger partial charge < -0.3 is 13.5 Å². The van der Waals surface area contributed by atoms with Gasteiger partial charge in [-0.15, -0.1) is 0 Å². The first-order valence-corrected chi connectivity index (χ1v) is 7.63. The molecule has 0 bridgehead atoms. The van der Waals surface area contributed by atoms with Crippen LogP contribution in [-0.4, -0.2) is 14.7 Å². The lowest BCUT2D eigenvalue weighted by Gasteiger charge is -2.08. The number of pyridine rings is 1. The summed E-state index contributed by atoms with van der Waals surface area (Å²) in [6.45, 7) is 6.70. The zero-order valence-corrected chi connectivity index (χ0v) is 13.4. The summed E-state index contributed by atoms with van der Waals surface area (Å²) in [5, 5.41) is 3.99. The standard InChI is InChI=1S/C17H19N3O3/c1-11(2)10-20-8-4-6-13(17(20)21)16-18-15(19-23-16)12(3)14-7-5-9-22-14/h4-9,11-12H,10H2,1-3H3. The number of furan rings is 1. The topological polar surface area (TPSA) is 74.1 Å². The van der Waals surface area contributed by atoms with Crippen molar-refractivity contribution in [2.75, 3.05) is 0 Å². The van der Waals surface area contributed by atoms with Gasteiger partial charge in [-0.05, 0) is 37.1 Å². The Morgan fingerprint density at radius 2 is 2.04 bits per heavy atom. The molecule has 6 heteroatoms. The van der Waals surface area contributed by atoms with E-state index < -0.39 is 0 Å². The molecule has 23 heavy (non-hydrogen) atoms. The number of rotatable bonds is 5. The maximum Gasteiger partial charge on any atom is 0.263 e. The third kappa shape index (κ3) is 3.11. The Morgan fingerprint density at radius 1 is 1.22 bits per heavy atom. The molecule has 120 valence electrons. The van der Waals surface area contributed by atoms with Crippen LogP contribution in [0.4, 0.5) is 0 Å². The molecule has 0 aliphatic carbocycles. The van der Waals surface area contributed by atoms with Crippen molar-refractivity contribution in [1.29, 1.82) is 0 Å². The molecule has 0 saturated carbocycles. The van der Waals surface area contributed by atoms with Gasteiger partial charge in [0.2, 0.25) is 0 Å². The van der Waals surface area contributed by atoms with E-state index in [1.54, 1.807) is 23.1 Å². The highest BCUT2D eigenvalue weighted by molar-refractivity contribution is 5.50. The molecule has 3 aromatic heterocycles. The van der Waals surface area contributed by atoms with Gasteiger partial charge in [0.1, 0.15) is 11.3 Å². The predicted molar refractivity (Wildman–Crippen MR) is 85.1 cm³/mol. The molecule has 0 fully saturated rings. The van der Waals surface area contributed by atoms with E-state index in [0.29, 0.717) is 23.9 Å². The van der Waals surface area contributed by atoms with Gasteiger partial charge in [0.05, 0.1) is 12.2 Å². The molecular formula is C17H19N3O3. The highest BCUT2D eigenvalue weighted by atomic mass is 16.5. The summed E-state index contributed by atoms with van der Waals surface area (Å²) >= 11 is 0. The molecule has 3 aromatic rings. The second-order valence-corrected chi connectivity index (χ2v) is 5.97. The van der Waals surface area contributed by atoms with Crippen LogP contribution in [0.15, 0.2) is 50.5 Å². The molecule has 0 aliphatic heterocycles. The lowest BCUT2D eigenvalue weighted by molar-refractivity contribution is 0.412. The summed E-state index contributed by atoms with van der Waals surface area (Å²) in [5.41, 5.74) is 0.292. The molecular weight excluding hydrogens is 294 g/mol. The number of hydrogen-bond donors (Lipinski definition) is 0. The van der Waals surface area contributed by atoms with E-state index in [1.165, 1.54) is 0 Å². The maximum absolute atomic E-state index is 12.5. The molecule has 6 nitrogen and oxygen atoms in total. The van der Waals surface area contributed by atoms with E-state index in [1.807, 2.05) is 25.1 Å². The first-order chi connectivity index (χ1) is 11.1. The second kappa shape index (κ2) is 6.24. The maximum atomic E-state index is 12.5. The van der Waals surface area contributed by atoms with E-state index in [4.69, 9.17) is 8.94 Å². The molecule has 3 rings (SSSR count). The highest BCUT2D eigenvalue weighted by Gasteiger charge is 2.20. The van der Waals surface area contributed by atoms with Gasteiger partial charge in [-0.25, -0.2) is 0 Å². The number of hydrogen-bond acceptors (Lipinski definition) is 5. The van der Waals surface area contributed by atoms with Crippen LogP contribution in [0.5, 0.6) is 0 Å². The third-order valence-corrected chi connectivity index (χ3v) is 3.61. The van der Waals surface area contributed by atoms with Crippen LogP contribution in [-0.2, 0) is 6.54 Å². The average Bonchev–Trinajstić information content (AvgIpc) is 3.19. The Morgan fingerprint density at radius 3 is 2.74 bits per heavy atom. The fourth-order valence-corrected chi connectivity index (χ4v) is 2.42. The van der Waals surface area contributed by atoms with Gasteiger partial charge in [-0.1, -0.05) is 19.0 Å². The van der Waals surface area contributed by atoms with Gasteiger partial charge in [-0.3, -0.25) is 4.79 Å². The molecule has 1 unspecified atom stereocenters. The van der Waals surface area contributed by atoms with Gasteiger partial charge >= 0.3 is 0 Å². The number of aromatic nitrogens is 3. The van der Waals surface area contributed by atoms with E-state index in [-0.39, 0.29) is 17.4 Å². The van der Waals surface area contributed by atoms with Crippen molar-refractivity contribution in [3.8, 4) is 11.5 Å². The fraction of sp³-hybridized carbons (Fsp3) is 0.353. The van der Waals surface area contributed by atoms with Crippen molar-refractivity contribution in [3.05, 3.63) is 58.7 Å². The first-order valence-electron chi connectivity index (χ1n) is 7.63. The normalized spacial score (nSPS) is 12.7. The second-order valence-electron chi connectivity index (χ2n) is 5.97. The van der Waals surface area contributed by atoms with E-state index in [9.17, 15) is 4.79 Å². The van der Waals surface area contributed by atoms with Crippen molar-refractivity contribution in [2.45, 2.75) is 33.2 Å². The molecule has 0 amide bonds. The largest absolute Gasteiger partial charge is 0.469 e. The minimum Gasteiger partial charge on any atom is -0.469 e. The zero-order valence-electron chi connectivity index (χ0n) is 13.4. The van der Waals surface area contributed by atoms with Gasteiger partial charge in [-0.2, -0.15) is 4.98 Å². The summed E-state index contributed by atoms with van der Waals surface area (Å²) in [6, 6.07) is 7.19. The predicted octanol–water partition coefficient (Wildman–Crippen LogP) is 3.30. The minimum atomic E-state index is -0.135.